The van der Waals surface area contributed by atoms with Gasteiger partial charge in [-0.25, -0.2) is 4.79 Å². The zero-order chi connectivity index (χ0) is 23.8. The first-order chi connectivity index (χ1) is 16.5. The molecule has 1 amide bonds. The summed E-state index contributed by atoms with van der Waals surface area (Å²) in [5, 5.41) is 10.5. The first-order valence-corrected chi connectivity index (χ1v) is 11.3. The Kier molecular flexibility index (Phi) is 5.53. The van der Waals surface area contributed by atoms with Crippen molar-refractivity contribution in [3.8, 4) is 5.75 Å². The number of hydrogen-bond donors (Lipinski definition) is 2. The van der Waals surface area contributed by atoms with Crippen LogP contribution in [0.2, 0.25) is 0 Å². The molecule has 7 heteroatoms. The number of hydrogen-bond acceptors (Lipinski definition) is 4. The number of carboxylic acid groups (broad SMARTS) is 1. The molecule has 0 bridgehead atoms. The van der Waals surface area contributed by atoms with E-state index in [0.29, 0.717) is 23.1 Å². The number of amides is 1. The normalized spacial score (nSPS) is 13.1. The Balaban J connectivity index is 1.91. The SMILES string of the molecule is NC(=O)C(=O)c1cccc2c1c1c(OCC(=O)O)cc3c(c1n2Cc1ccccc1)CCCC3. The number of Topliss-reactive ketones (excluding diaryl/α,β-unsaturated/α-hetero) is 1. The van der Waals surface area contributed by atoms with Crippen LogP contribution in [0.1, 0.15) is 39.9 Å². The van der Waals surface area contributed by atoms with E-state index in [2.05, 4.69) is 4.57 Å². The van der Waals surface area contributed by atoms with E-state index in [1.807, 2.05) is 42.5 Å². The molecule has 1 heterocycles. The van der Waals surface area contributed by atoms with Crippen LogP contribution in [-0.2, 0) is 29.0 Å². The lowest BCUT2D eigenvalue weighted by atomic mass is 9.89. The van der Waals surface area contributed by atoms with E-state index in [1.54, 1.807) is 12.1 Å². The molecule has 5 rings (SSSR count). The zero-order valence-corrected chi connectivity index (χ0v) is 18.5. The number of aryl methyl sites for hydroxylation is 2. The molecule has 0 fully saturated rings. The van der Waals surface area contributed by atoms with Crippen LogP contribution in [0, 0.1) is 0 Å². The fourth-order valence-electron chi connectivity index (χ4n) is 5.05. The van der Waals surface area contributed by atoms with Crippen molar-refractivity contribution in [1.29, 1.82) is 0 Å². The van der Waals surface area contributed by atoms with Gasteiger partial charge < -0.3 is 20.1 Å². The number of ketones is 1. The van der Waals surface area contributed by atoms with Gasteiger partial charge in [0.15, 0.2) is 6.61 Å². The maximum atomic E-state index is 12.8. The number of aliphatic carboxylic acids is 1. The van der Waals surface area contributed by atoms with Crippen LogP contribution in [0.4, 0.5) is 0 Å². The highest BCUT2D eigenvalue weighted by molar-refractivity contribution is 6.45. The largest absolute Gasteiger partial charge is 0.481 e. The number of carbonyl (C=O) groups excluding carboxylic acids is 2. The van der Waals surface area contributed by atoms with E-state index in [0.717, 1.165) is 47.8 Å². The molecule has 4 aromatic rings. The summed E-state index contributed by atoms with van der Waals surface area (Å²) in [6.07, 6.45) is 3.82. The summed E-state index contributed by atoms with van der Waals surface area (Å²) in [5.41, 5.74) is 10.6. The maximum Gasteiger partial charge on any atom is 0.341 e. The molecule has 0 radical (unpaired) electrons. The number of carbonyl (C=O) groups is 3. The first-order valence-electron chi connectivity index (χ1n) is 11.3. The van der Waals surface area contributed by atoms with Crippen molar-refractivity contribution >= 4 is 39.5 Å². The third-order valence-electron chi connectivity index (χ3n) is 6.44. The Bertz CT molecular complexity index is 1450. The van der Waals surface area contributed by atoms with E-state index < -0.39 is 24.3 Å². The van der Waals surface area contributed by atoms with Gasteiger partial charge in [-0.05, 0) is 54.5 Å². The second-order valence-electron chi connectivity index (χ2n) is 8.59. The lowest BCUT2D eigenvalue weighted by Crippen LogP contribution is -2.23. The monoisotopic (exact) mass is 456 g/mol. The molecule has 0 saturated carbocycles. The van der Waals surface area contributed by atoms with Crippen molar-refractivity contribution in [3.63, 3.8) is 0 Å². The molecule has 0 saturated heterocycles. The third kappa shape index (κ3) is 3.69. The minimum absolute atomic E-state index is 0.192. The van der Waals surface area contributed by atoms with E-state index in [-0.39, 0.29) is 5.56 Å². The summed E-state index contributed by atoms with van der Waals surface area (Å²) < 4.78 is 7.92. The minimum atomic E-state index is -1.09. The molecular formula is C27H24N2O5. The van der Waals surface area contributed by atoms with Gasteiger partial charge in [-0.15, -0.1) is 0 Å². The molecule has 0 spiro atoms. The van der Waals surface area contributed by atoms with Crippen LogP contribution >= 0.6 is 0 Å². The average molecular weight is 456 g/mol. The Hall–Kier alpha value is -4.13. The minimum Gasteiger partial charge on any atom is -0.481 e. The number of ether oxygens (including phenoxy) is 1. The van der Waals surface area contributed by atoms with Crippen molar-refractivity contribution in [2.24, 2.45) is 5.73 Å². The molecule has 3 aromatic carbocycles. The van der Waals surface area contributed by atoms with E-state index in [4.69, 9.17) is 10.5 Å². The van der Waals surface area contributed by atoms with Gasteiger partial charge in [-0.2, -0.15) is 0 Å². The highest BCUT2D eigenvalue weighted by Crippen LogP contribution is 2.43. The number of fused-ring (bicyclic) bond motifs is 5. The second-order valence-corrected chi connectivity index (χ2v) is 8.59. The van der Waals surface area contributed by atoms with Gasteiger partial charge in [0.2, 0.25) is 0 Å². The molecular weight excluding hydrogens is 432 g/mol. The number of aromatic nitrogens is 1. The number of nitrogens with two attached hydrogens (primary N) is 1. The molecule has 0 aliphatic heterocycles. The Morgan fingerprint density at radius 2 is 1.74 bits per heavy atom. The van der Waals surface area contributed by atoms with E-state index >= 15 is 0 Å². The van der Waals surface area contributed by atoms with Crippen LogP contribution < -0.4 is 10.5 Å². The Morgan fingerprint density at radius 3 is 2.47 bits per heavy atom. The number of carboxylic acids is 1. The topological polar surface area (TPSA) is 112 Å². The molecule has 1 aliphatic rings. The average Bonchev–Trinajstić information content (AvgIpc) is 3.17. The van der Waals surface area contributed by atoms with Crippen LogP contribution in [0.5, 0.6) is 5.75 Å². The summed E-state index contributed by atoms with van der Waals surface area (Å²) in [5.74, 6) is -2.51. The highest BCUT2D eigenvalue weighted by Gasteiger charge is 2.27. The molecule has 1 aromatic heterocycles. The predicted molar refractivity (Wildman–Crippen MR) is 128 cm³/mol. The van der Waals surface area contributed by atoms with Gasteiger partial charge in [0.25, 0.3) is 11.7 Å². The standard InChI is InChI=1S/C27H24N2O5/c28-27(33)26(32)19-11-6-12-20-23(19)24-21(34-15-22(30)31)13-17-9-4-5-10-18(17)25(24)29(20)14-16-7-2-1-3-8-16/h1-3,6-8,11-13H,4-5,9-10,14-15H2,(H2,28,33)(H,30,31). The van der Waals surface area contributed by atoms with Crippen LogP contribution in [-0.4, -0.2) is 33.9 Å². The van der Waals surface area contributed by atoms with Crippen LogP contribution in [0.25, 0.3) is 21.8 Å². The van der Waals surface area contributed by atoms with E-state index in [9.17, 15) is 19.5 Å². The smallest absolute Gasteiger partial charge is 0.341 e. The summed E-state index contributed by atoms with van der Waals surface area (Å²) in [7, 11) is 0. The summed E-state index contributed by atoms with van der Waals surface area (Å²) >= 11 is 0. The maximum absolute atomic E-state index is 12.8. The van der Waals surface area contributed by atoms with E-state index in [1.165, 1.54) is 5.56 Å². The quantitative estimate of drug-likeness (QED) is 0.324. The van der Waals surface area contributed by atoms with Gasteiger partial charge in [0, 0.05) is 17.5 Å². The molecule has 172 valence electrons. The van der Waals surface area contributed by atoms with Gasteiger partial charge in [-0.3, -0.25) is 9.59 Å². The molecule has 0 unspecified atom stereocenters. The zero-order valence-electron chi connectivity index (χ0n) is 18.5. The van der Waals surface area contributed by atoms with Crippen molar-refractivity contribution in [2.45, 2.75) is 32.2 Å². The van der Waals surface area contributed by atoms with Crippen molar-refractivity contribution < 1.29 is 24.2 Å². The number of rotatable bonds is 7. The summed E-state index contributed by atoms with van der Waals surface area (Å²) in [4.78, 5) is 36.0. The fourth-order valence-corrected chi connectivity index (χ4v) is 5.05. The Morgan fingerprint density at radius 1 is 0.971 bits per heavy atom. The summed E-state index contributed by atoms with van der Waals surface area (Å²) in [6.45, 7) is 0.0368. The van der Waals surface area contributed by atoms with Crippen molar-refractivity contribution in [2.75, 3.05) is 6.61 Å². The molecule has 1 aliphatic carbocycles. The number of nitrogens with zero attached hydrogens (tertiary/aromatic N) is 1. The fraction of sp³-hybridized carbons (Fsp3) is 0.222. The molecule has 34 heavy (non-hydrogen) atoms. The highest BCUT2D eigenvalue weighted by atomic mass is 16.5. The lowest BCUT2D eigenvalue weighted by molar-refractivity contribution is -0.139. The van der Waals surface area contributed by atoms with Crippen LogP contribution in [0.3, 0.4) is 0 Å². The molecule has 3 N–H and O–H groups in total. The Labute approximate surface area is 195 Å². The van der Waals surface area contributed by atoms with Gasteiger partial charge in [0.05, 0.1) is 16.4 Å². The van der Waals surface area contributed by atoms with Crippen molar-refractivity contribution in [1.82, 2.24) is 4.57 Å². The molecule has 7 nitrogen and oxygen atoms in total. The lowest BCUT2D eigenvalue weighted by Gasteiger charge is -2.21. The molecule has 0 atom stereocenters. The number of benzene rings is 3. The van der Waals surface area contributed by atoms with Crippen LogP contribution in [0.15, 0.2) is 54.6 Å². The van der Waals surface area contributed by atoms with Gasteiger partial charge >= 0.3 is 5.97 Å². The predicted octanol–water partition coefficient (Wildman–Crippen LogP) is 3.85. The number of primary amides is 1. The first kappa shape index (κ1) is 21.7. The van der Waals surface area contributed by atoms with Gasteiger partial charge in [-0.1, -0.05) is 42.5 Å². The second kappa shape index (κ2) is 8.67. The van der Waals surface area contributed by atoms with Crippen molar-refractivity contribution in [3.05, 3.63) is 76.9 Å². The summed E-state index contributed by atoms with van der Waals surface area (Å²) in [6, 6.07) is 17.1. The third-order valence-corrected chi connectivity index (χ3v) is 6.44. The van der Waals surface area contributed by atoms with Gasteiger partial charge in [0.1, 0.15) is 5.75 Å².